The van der Waals surface area contributed by atoms with Gasteiger partial charge in [-0.2, -0.15) is 0 Å². The highest BCUT2D eigenvalue weighted by Crippen LogP contribution is 2.31. The number of amides is 3. The van der Waals surface area contributed by atoms with Crippen molar-refractivity contribution in [3.63, 3.8) is 0 Å². The smallest absolute Gasteiger partial charge is 0.236 e. The van der Waals surface area contributed by atoms with Crippen LogP contribution in [0.15, 0.2) is 24.3 Å². The normalized spacial score (nSPS) is 23.2. The van der Waals surface area contributed by atoms with E-state index in [0.717, 1.165) is 38.6 Å². The molecule has 0 saturated carbocycles. The van der Waals surface area contributed by atoms with Crippen molar-refractivity contribution in [3.8, 4) is 0 Å². The molecule has 3 aliphatic heterocycles. The SMILES string of the molecule is O=C1CN(CC(=O)N2CCC([C@H]3CCCCN3C(=O)Cc3ccccc3F)CC2)CCN1. The van der Waals surface area contributed by atoms with Gasteiger partial charge in [-0.15, -0.1) is 0 Å². The number of carbonyl (C=O) groups is 3. The topological polar surface area (TPSA) is 73.0 Å². The third kappa shape index (κ3) is 5.46. The predicted molar refractivity (Wildman–Crippen MR) is 118 cm³/mol. The minimum absolute atomic E-state index is 0.00156. The lowest BCUT2D eigenvalue weighted by Crippen LogP contribution is -2.54. The predicted octanol–water partition coefficient (Wildman–Crippen LogP) is 1.42. The van der Waals surface area contributed by atoms with E-state index in [1.807, 2.05) is 14.7 Å². The Morgan fingerprint density at radius 2 is 1.78 bits per heavy atom. The maximum absolute atomic E-state index is 14.0. The number of benzene rings is 1. The molecule has 1 atom stereocenters. The zero-order chi connectivity index (χ0) is 22.5. The highest BCUT2D eigenvalue weighted by molar-refractivity contribution is 5.82. The Balaban J connectivity index is 1.31. The molecule has 4 rings (SSSR count). The summed E-state index contributed by atoms with van der Waals surface area (Å²) >= 11 is 0. The molecule has 3 heterocycles. The van der Waals surface area contributed by atoms with Crippen molar-refractivity contribution in [1.29, 1.82) is 0 Å². The third-order valence-electron chi connectivity index (χ3n) is 7.08. The second-order valence-electron chi connectivity index (χ2n) is 9.20. The van der Waals surface area contributed by atoms with E-state index in [4.69, 9.17) is 0 Å². The van der Waals surface area contributed by atoms with Crippen LogP contribution in [0.25, 0.3) is 0 Å². The van der Waals surface area contributed by atoms with E-state index in [9.17, 15) is 18.8 Å². The maximum atomic E-state index is 14.0. The van der Waals surface area contributed by atoms with Crippen LogP contribution in [0.5, 0.6) is 0 Å². The van der Waals surface area contributed by atoms with Gasteiger partial charge in [0.05, 0.1) is 19.5 Å². The molecular formula is C24H33FN4O3. The molecule has 3 fully saturated rings. The zero-order valence-electron chi connectivity index (χ0n) is 18.6. The van der Waals surface area contributed by atoms with E-state index < -0.39 is 0 Å². The Hall–Kier alpha value is -2.48. The monoisotopic (exact) mass is 444 g/mol. The van der Waals surface area contributed by atoms with Gasteiger partial charge in [0, 0.05) is 38.8 Å². The zero-order valence-corrected chi connectivity index (χ0v) is 18.6. The van der Waals surface area contributed by atoms with Crippen LogP contribution >= 0.6 is 0 Å². The molecule has 32 heavy (non-hydrogen) atoms. The molecule has 174 valence electrons. The van der Waals surface area contributed by atoms with Crippen molar-refractivity contribution >= 4 is 17.7 Å². The van der Waals surface area contributed by atoms with Crippen LogP contribution < -0.4 is 5.32 Å². The van der Waals surface area contributed by atoms with Gasteiger partial charge in [-0.3, -0.25) is 19.3 Å². The Bertz CT molecular complexity index is 840. The maximum Gasteiger partial charge on any atom is 0.236 e. The van der Waals surface area contributed by atoms with Crippen molar-refractivity contribution in [1.82, 2.24) is 20.0 Å². The molecule has 0 aliphatic carbocycles. The highest BCUT2D eigenvalue weighted by atomic mass is 19.1. The number of nitrogens with zero attached hydrogens (tertiary/aromatic N) is 3. The van der Waals surface area contributed by atoms with Crippen LogP contribution in [-0.2, 0) is 20.8 Å². The summed E-state index contributed by atoms with van der Waals surface area (Å²) in [7, 11) is 0. The van der Waals surface area contributed by atoms with E-state index in [1.54, 1.807) is 18.2 Å². The summed E-state index contributed by atoms with van der Waals surface area (Å²) in [5, 5.41) is 2.78. The summed E-state index contributed by atoms with van der Waals surface area (Å²) < 4.78 is 14.0. The Morgan fingerprint density at radius 1 is 1.00 bits per heavy atom. The lowest BCUT2D eigenvalue weighted by Gasteiger charge is -2.44. The van der Waals surface area contributed by atoms with Crippen molar-refractivity contribution in [2.45, 2.75) is 44.6 Å². The first-order valence-electron chi connectivity index (χ1n) is 11.8. The Morgan fingerprint density at radius 3 is 2.53 bits per heavy atom. The van der Waals surface area contributed by atoms with E-state index in [2.05, 4.69) is 5.32 Å². The fraction of sp³-hybridized carbons (Fsp3) is 0.625. The molecule has 0 aromatic heterocycles. The second kappa shape index (κ2) is 10.4. The van der Waals surface area contributed by atoms with Gasteiger partial charge in [0.25, 0.3) is 0 Å². The summed E-state index contributed by atoms with van der Waals surface area (Å²) in [6.45, 7) is 3.97. The van der Waals surface area contributed by atoms with Gasteiger partial charge in [-0.25, -0.2) is 4.39 Å². The number of piperazine rings is 1. The van der Waals surface area contributed by atoms with Gasteiger partial charge in [-0.1, -0.05) is 18.2 Å². The molecule has 1 N–H and O–H groups in total. The molecule has 0 bridgehead atoms. The van der Waals surface area contributed by atoms with Gasteiger partial charge in [0.1, 0.15) is 5.82 Å². The number of likely N-dealkylation sites (tertiary alicyclic amines) is 2. The fourth-order valence-electron chi connectivity index (χ4n) is 5.31. The summed E-state index contributed by atoms with van der Waals surface area (Å²) in [5.41, 5.74) is 0.452. The van der Waals surface area contributed by atoms with E-state index in [-0.39, 0.29) is 49.1 Å². The van der Waals surface area contributed by atoms with Crippen LogP contribution in [-0.4, -0.2) is 84.3 Å². The number of hydrogen-bond acceptors (Lipinski definition) is 4. The average Bonchev–Trinajstić information content (AvgIpc) is 2.80. The Labute approximate surface area is 188 Å². The summed E-state index contributed by atoms with van der Waals surface area (Å²) in [6.07, 6.45) is 4.92. The molecule has 1 aromatic rings. The van der Waals surface area contributed by atoms with Crippen LogP contribution in [0.3, 0.4) is 0 Å². The number of rotatable bonds is 5. The quantitative estimate of drug-likeness (QED) is 0.746. The van der Waals surface area contributed by atoms with Gasteiger partial charge >= 0.3 is 0 Å². The highest BCUT2D eigenvalue weighted by Gasteiger charge is 2.36. The number of hydrogen-bond donors (Lipinski definition) is 1. The van der Waals surface area contributed by atoms with Crippen molar-refractivity contribution in [2.75, 3.05) is 45.8 Å². The minimum atomic E-state index is -0.326. The van der Waals surface area contributed by atoms with E-state index >= 15 is 0 Å². The molecule has 7 nitrogen and oxygen atoms in total. The average molecular weight is 445 g/mol. The van der Waals surface area contributed by atoms with E-state index in [0.29, 0.717) is 37.7 Å². The number of carbonyl (C=O) groups excluding carboxylic acids is 3. The van der Waals surface area contributed by atoms with Gasteiger partial charge in [0.15, 0.2) is 0 Å². The summed E-state index contributed by atoms with van der Waals surface area (Å²) in [6, 6.07) is 6.66. The second-order valence-corrected chi connectivity index (χ2v) is 9.20. The Kier molecular flexibility index (Phi) is 7.40. The standard InChI is InChI=1S/C24H33FN4O3/c25-20-6-2-1-5-19(20)15-23(31)29-11-4-3-7-21(29)18-8-12-28(13-9-18)24(32)17-27-14-10-26-22(30)16-27/h1-2,5-6,18,21H,3-4,7-17H2,(H,26,30)/t21-/m1/s1. The fourth-order valence-corrected chi connectivity index (χ4v) is 5.31. The molecule has 1 aromatic carbocycles. The first kappa shape index (κ1) is 22.7. The first-order valence-corrected chi connectivity index (χ1v) is 11.8. The van der Waals surface area contributed by atoms with E-state index in [1.165, 1.54) is 6.07 Å². The number of halogens is 1. The lowest BCUT2D eigenvalue weighted by molar-refractivity contribution is -0.139. The number of piperidine rings is 2. The minimum Gasteiger partial charge on any atom is -0.354 e. The van der Waals surface area contributed by atoms with Crippen LogP contribution in [0, 0.1) is 11.7 Å². The summed E-state index contributed by atoms with van der Waals surface area (Å²) in [4.78, 5) is 43.1. The molecule has 3 saturated heterocycles. The van der Waals surface area contributed by atoms with Gasteiger partial charge in [-0.05, 0) is 49.7 Å². The molecule has 0 unspecified atom stereocenters. The lowest BCUT2D eigenvalue weighted by atomic mass is 9.83. The molecular weight excluding hydrogens is 411 g/mol. The first-order chi connectivity index (χ1) is 15.5. The molecule has 0 radical (unpaired) electrons. The largest absolute Gasteiger partial charge is 0.354 e. The molecule has 0 spiro atoms. The number of nitrogens with one attached hydrogen (secondary N) is 1. The van der Waals surface area contributed by atoms with Crippen LogP contribution in [0.2, 0.25) is 0 Å². The third-order valence-corrected chi connectivity index (χ3v) is 7.08. The van der Waals surface area contributed by atoms with Crippen LogP contribution in [0.4, 0.5) is 4.39 Å². The molecule has 3 aliphatic rings. The van der Waals surface area contributed by atoms with Gasteiger partial charge in [0.2, 0.25) is 17.7 Å². The van der Waals surface area contributed by atoms with Gasteiger partial charge < -0.3 is 15.1 Å². The molecule has 3 amide bonds. The van der Waals surface area contributed by atoms with Crippen molar-refractivity contribution < 1.29 is 18.8 Å². The molecule has 8 heteroatoms. The van der Waals surface area contributed by atoms with Crippen molar-refractivity contribution in [3.05, 3.63) is 35.6 Å². The van der Waals surface area contributed by atoms with Crippen LogP contribution in [0.1, 0.15) is 37.7 Å². The summed E-state index contributed by atoms with van der Waals surface area (Å²) in [5.74, 6) is 0.0910. The van der Waals surface area contributed by atoms with Crippen molar-refractivity contribution in [2.24, 2.45) is 5.92 Å².